The Morgan fingerprint density at radius 1 is 1.00 bits per heavy atom. The van der Waals surface area contributed by atoms with Gasteiger partial charge in [0.1, 0.15) is 0 Å². The first-order valence-corrected chi connectivity index (χ1v) is 6.98. The first-order chi connectivity index (χ1) is 8.22. The zero-order chi connectivity index (χ0) is 12.3. The van der Waals surface area contributed by atoms with E-state index in [9.17, 15) is 0 Å². The topological polar surface area (TPSA) is 12.0 Å². The van der Waals surface area contributed by atoms with Crippen molar-refractivity contribution in [1.82, 2.24) is 0 Å². The number of anilines is 1. The molecule has 0 heterocycles. The maximum Gasteiger partial charge on any atom is 0.0348 e. The van der Waals surface area contributed by atoms with Crippen LogP contribution >= 0.6 is 15.9 Å². The van der Waals surface area contributed by atoms with Crippen molar-refractivity contribution >= 4 is 32.4 Å². The van der Waals surface area contributed by atoms with E-state index >= 15 is 0 Å². The van der Waals surface area contributed by atoms with Crippen LogP contribution in [0, 0.1) is 0 Å². The maximum absolute atomic E-state index is 3.57. The van der Waals surface area contributed by atoms with Gasteiger partial charge in [0.25, 0.3) is 0 Å². The number of hydrogen-bond donors (Lipinski definition) is 1. The highest BCUT2D eigenvalue weighted by molar-refractivity contribution is 9.10. The number of nitrogens with one attached hydrogen (secondary N) is 1. The minimum atomic E-state index is 0.572. The summed E-state index contributed by atoms with van der Waals surface area (Å²) in [6, 6.07) is 13.5. The van der Waals surface area contributed by atoms with Crippen molar-refractivity contribution in [1.29, 1.82) is 0 Å². The van der Waals surface area contributed by atoms with E-state index in [4.69, 9.17) is 0 Å². The average Bonchev–Trinajstić information content (AvgIpc) is 2.36. The number of hydrogen-bond acceptors (Lipinski definition) is 1. The van der Waals surface area contributed by atoms with Gasteiger partial charge in [-0.25, -0.2) is 0 Å². The second-order valence-electron chi connectivity index (χ2n) is 4.36. The van der Waals surface area contributed by atoms with E-state index in [1.807, 2.05) is 0 Å². The average molecular weight is 292 g/mol. The Labute approximate surface area is 111 Å². The first kappa shape index (κ1) is 12.4. The molecule has 0 radical (unpaired) electrons. The van der Waals surface area contributed by atoms with Gasteiger partial charge in [-0.05, 0) is 47.9 Å². The summed E-state index contributed by atoms with van der Waals surface area (Å²) in [7, 11) is 0. The molecule has 0 unspecified atom stereocenters. The van der Waals surface area contributed by atoms with Crippen LogP contribution < -0.4 is 5.32 Å². The van der Waals surface area contributed by atoms with Gasteiger partial charge in [-0.2, -0.15) is 0 Å². The van der Waals surface area contributed by atoms with E-state index in [2.05, 4.69) is 71.5 Å². The number of benzene rings is 2. The molecule has 0 bridgehead atoms. The molecule has 0 saturated carbocycles. The predicted molar refractivity (Wildman–Crippen MR) is 79.6 cm³/mol. The predicted octanol–water partition coefficient (Wildman–Crippen LogP) is 5.20. The summed E-state index contributed by atoms with van der Waals surface area (Å²) in [5.41, 5.74) is 1.22. The van der Waals surface area contributed by atoms with Gasteiger partial charge in [-0.1, -0.05) is 41.9 Å². The van der Waals surface area contributed by atoms with Crippen LogP contribution in [0.15, 0.2) is 40.9 Å². The molecule has 0 aliphatic heterocycles. The molecule has 0 aliphatic carbocycles. The summed E-state index contributed by atoms with van der Waals surface area (Å²) in [4.78, 5) is 0. The lowest BCUT2D eigenvalue weighted by atomic mass is 10.1. The van der Waals surface area contributed by atoms with Crippen LogP contribution in [0.4, 0.5) is 5.69 Å². The third-order valence-electron chi connectivity index (χ3n) is 3.16. The molecule has 0 fully saturated rings. The van der Waals surface area contributed by atoms with E-state index in [1.54, 1.807) is 0 Å². The normalized spacial score (nSPS) is 11.1. The standard InChI is InChI=1S/C15H18BrN/c1-3-14(4-2)17-15-8-6-11-9-13(16)7-5-12(11)10-15/h5-10,14,17H,3-4H2,1-2H3. The third kappa shape index (κ3) is 3.01. The van der Waals surface area contributed by atoms with Gasteiger partial charge >= 0.3 is 0 Å². The molecule has 0 aromatic heterocycles. The Kier molecular flexibility index (Phi) is 4.06. The second-order valence-corrected chi connectivity index (χ2v) is 5.28. The van der Waals surface area contributed by atoms with Crippen LogP contribution in [0.25, 0.3) is 10.8 Å². The van der Waals surface area contributed by atoms with Gasteiger partial charge in [0.2, 0.25) is 0 Å². The van der Waals surface area contributed by atoms with Crippen molar-refractivity contribution in [2.24, 2.45) is 0 Å². The zero-order valence-electron chi connectivity index (χ0n) is 10.3. The molecule has 0 saturated heterocycles. The molecule has 0 amide bonds. The molecule has 90 valence electrons. The van der Waals surface area contributed by atoms with E-state index in [1.165, 1.54) is 16.5 Å². The molecule has 2 heteroatoms. The van der Waals surface area contributed by atoms with Crippen molar-refractivity contribution in [3.8, 4) is 0 Å². The maximum atomic E-state index is 3.57. The number of fused-ring (bicyclic) bond motifs is 1. The van der Waals surface area contributed by atoms with Gasteiger partial charge in [0.05, 0.1) is 0 Å². The summed E-state index contributed by atoms with van der Waals surface area (Å²) >= 11 is 3.50. The molecular weight excluding hydrogens is 274 g/mol. The van der Waals surface area contributed by atoms with Crippen LogP contribution in [-0.4, -0.2) is 6.04 Å². The summed E-state index contributed by atoms with van der Waals surface area (Å²) in [6.07, 6.45) is 2.32. The van der Waals surface area contributed by atoms with Crippen LogP contribution in [0.2, 0.25) is 0 Å². The Morgan fingerprint density at radius 3 is 2.35 bits per heavy atom. The summed E-state index contributed by atoms with van der Waals surface area (Å²) in [5.74, 6) is 0. The van der Waals surface area contributed by atoms with E-state index in [-0.39, 0.29) is 0 Å². The summed E-state index contributed by atoms with van der Waals surface area (Å²) < 4.78 is 1.13. The highest BCUT2D eigenvalue weighted by atomic mass is 79.9. The quantitative estimate of drug-likeness (QED) is 0.816. The minimum Gasteiger partial charge on any atom is -0.382 e. The van der Waals surface area contributed by atoms with Crippen molar-refractivity contribution in [2.45, 2.75) is 32.7 Å². The number of rotatable bonds is 4. The second kappa shape index (κ2) is 5.54. The van der Waals surface area contributed by atoms with Crippen molar-refractivity contribution < 1.29 is 0 Å². The molecule has 1 nitrogen and oxygen atoms in total. The fourth-order valence-electron chi connectivity index (χ4n) is 2.03. The lowest BCUT2D eigenvalue weighted by Crippen LogP contribution is -2.16. The third-order valence-corrected chi connectivity index (χ3v) is 3.65. The lowest BCUT2D eigenvalue weighted by Gasteiger charge is -2.16. The fourth-order valence-corrected chi connectivity index (χ4v) is 2.41. The SMILES string of the molecule is CCC(CC)Nc1ccc2cc(Br)ccc2c1. The molecule has 2 aromatic carbocycles. The highest BCUT2D eigenvalue weighted by Crippen LogP contribution is 2.23. The molecular formula is C15H18BrN. The summed E-state index contributed by atoms with van der Waals surface area (Å²) in [6.45, 7) is 4.44. The van der Waals surface area contributed by atoms with Crippen LogP contribution in [-0.2, 0) is 0 Å². The van der Waals surface area contributed by atoms with Gasteiger partial charge < -0.3 is 5.32 Å². The monoisotopic (exact) mass is 291 g/mol. The Hall–Kier alpha value is -1.02. The van der Waals surface area contributed by atoms with E-state index < -0.39 is 0 Å². The lowest BCUT2D eigenvalue weighted by molar-refractivity contribution is 0.672. The molecule has 0 aliphatic rings. The van der Waals surface area contributed by atoms with E-state index in [0.29, 0.717) is 6.04 Å². The zero-order valence-corrected chi connectivity index (χ0v) is 11.9. The first-order valence-electron chi connectivity index (χ1n) is 6.18. The largest absolute Gasteiger partial charge is 0.382 e. The van der Waals surface area contributed by atoms with Gasteiger partial charge in [-0.15, -0.1) is 0 Å². The van der Waals surface area contributed by atoms with Crippen LogP contribution in [0.3, 0.4) is 0 Å². The van der Waals surface area contributed by atoms with Crippen LogP contribution in [0.1, 0.15) is 26.7 Å². The Balaban J connectivity index is 2.28. The minimum absolute atomic E-state index is 0.572. The Bertz CT molecular complexity index is 503. The molecule has 1 N–H and O–H groups in total. The molecule has 2 aromatic rings. The Morgan fingerprint density at radius 2 is 1.65 bits per heavy atom. The van der Waals surface area contributed by atoms with Gasteiger partial charge in [0, 0.05) is 16.2 Å². The number of halogens is 1. The van der Waals surface area contributed by atoms with E-state index in [0.717, 1.165) is 17.3 Å². The molecule has 0 spiro atoms. The summed E-state index contributed by atoms with van der Waals surface area (Å²) in [5, 5.41) is 6.13. The van der Waals surface area contributed by atoms with Crippen LogP contribution in [0.5, 0.6) is 0 Å². The fraction of sp³-hybridized carbons (Fsp3) is 0.333. The molecule has 2 rings (SSSR count). The van der Waals surface area contributed by atoms with Crippen molar-refractivity contribution in [2.75, 3.05) is 5.32 Å². The smallest absolute Gasteiger partial charge is 0.0348 e. The molecule has 17 heavy (non-hydrogen) atoms. The highest BCUT2D eigenvalue weighted by Gasteiger charge is 2.03. The van der Waals surface area contributed by atoms with Crippen molar-refractivity contribution in [3.63, 3.8) is 0 Å². The van der Waals surface area contributed by atoms with Gasteiger partial charge in [0.15, 0.2) is 0 Å². The molecule has 0 atom stereocenters. The van der Waals surface area contributed by atoms with Crippen molar-refractivity contribution in [3.05, 3.63) is 40.9 Å². The van der Waals surface area contributed by atoms with Gasteiger partial charge in [-0.3, -0.25) is 0 Å².